The summed E-state index contributed by atoms with van der Waals surface area (Å²) >= 11 is 0. The van der Waals surface area contributed by atoms with Crippen molar-refractivity contribution in [2.45, 2.75) is 37.1 Å². The van der Waals surface area contributed by atoms with Crippen molar-refractivity contribution < 1.29 is 17.6 Å². The van der Waals surface area contributed by atoms with Gasteiger partial charge in [0.2, 0.25) is 10.0 Å². The Morgan fingerprint density at radius 1 is 1.43 bits per heavy atom. The first kappa shape index (κ1) is 15.6. The Kier molecular flexibility index (Phi) is 4.40. The number of sulfonamides is 1. The van der Waals surface area contributed by atoms with E-state index in [1.807, 2.05) is 0 Å². The molecule has 0 aromatic heterocycles. The average molecular weight is 310 g/mol. The lowest BCUT2D eigenvalue weighted by Gasteiger charge is -2.33. The third-order valence-electron chi connectivity index (χ3n) is 3.59. The van der Waals surface area contributed by atoms with Crippen LogP contribution in [0.25, 0.3) is 0 Å². The zero-order valence-electron chi connectivity index (χ0n) is 11.5. The van der Waals surface area contributed by atoms with Gasteiger partial charge in [0, 0.05) is 6.54 Å². The highest BCUT2D eigenvalue weighted by molar-refractivity contribution is 7.89. The summed E-state index contributed by atoms with van der Waals surface area (Å²) in [5.74, 6) is -0.973. The number of rotatable bonds is 3. The molecule has 1 saturated heterocycles. The first-order valence-electron chi connectivity index (χ1n) is 6.60. The number of benzene rings is 1. The maximum absolute atomic E-state index is 13.3. The maximum atomic E-state index is 13.3. The van der Waals surface area contributed by atoms with E-state index in [0.29, 0.717) is 12.8 Å². The van der Waals surface area contributed by atoms with Crippen LogP contribution < -0.4 is 0 Å². The zero-order chi connectivity index (χ0) is 15.6. The number of ketones is 1. The topological polar surface area (TPSA) is 78.2 Å². The van der Waals surface area contributed by atoms with Gasteiger partial charge in [0.25, 0.3) is 0 Å². The minimum absolute atomic E-state index is 0.159. The van der Waals surface area contributed by atoms with E-state index in [4.69, 9.17) is 5.26 Å². The number of carbonyl (C=O) groups is 1. The molecule has 0 N–H and O–H groups in total. The first-order chi connectivity index (χ1) is 9.87. The van der Waals surface area contributed by atoms with Crippen molar-refractivity contribution in [3.8, 4) is 6.07 Å². The molecule has 1 heterocycles. The van der Waals surface area contributed by atoms with E-state index in [9.17, 15) is 17.6 Å². The molecule has 1 atom stereocenters. The molecule has 0 bridgehead atoms. The molecule has 112 valence electrons. The summed E-state index contributed by atoms with van der Waals surface area (Å²) in [6, 6.07) is 4.03. The normalized spacial score (nSPS) is 20.0. The molecule has 1 aliphatic heterocycles. The van der Waals surface area contributed by atoms with Gasteiger partial charge >= 0.3 is 0 Å². The summed E-state index contributed by atoms with van der Waals surface area (Å²) in [6.07, 6.45) is 1.96. The van der Waals surface area contributed by atoms with Crippen LogP contribution in [-0.2, 0) is 14.8 Å². The summed E-state index contributed by atoms with van der Waals surface area (Å²) in [6.45, 7) is 1.62. The molecule has 5 nitrogen and oxygen atoms in total. The Labute approximate surface area is 123 Å². The molecule has 21 heavy (non-hydrogen) atoms. The molecule has 1 unspecified atom stereocenters. The standard InChI is InChI=1S/C14H15FN2O3S/c1-10(18)14-4-2-3-7-17(14)21(19,20)12-5-6-13(15)11(8-12)9-16/h5-6,8,14H,2-4,7H2,1H3. The van der Waals surface area contributed by atoms with Crippen molar-refractivity contribution in [3.63, 3.8) is 0 Å². The van der Waals surface area contributed by atoms with Crippen LogP contribution in [0.15, 0.2) is 23.1 Å². The first-order valence-corrected chi connectivity index (χ1v) is 8.04. The van der Waals surface area contributed by atoms with Crippen LogP contribution in [0.4, 0.5) is 4.39 Å². The Morgan fingerprint density at radius 3 is 2.76 bits per heavy atom. The Hall–Kier alpha value is -1.78. The lowest BCUT2D eigenvalue weighted by molar-refractivity contribution is -0.121. The highest BCUT2D eigenvalue weighted by Gasteiger charge is 2.36. The van der Waals surface area contributed by atoms with Crippen LogP contribution in [-0.4, -0.2) is 31.1 Å². The zero-order valence-corrected chi connectivity index (χ0v) is 12.4. The highest BCUT2D eigenvalue weighted by Crippen LogP contribution is 2.26. The van der Waals surface area contributed by atoms with Crippen LogP contribution >= 0.6 is 0 Å². The molecule has 1 aromatic rings. The van der Waals surface area contributed by atoms with Crippen LogP contribution in [0, 0.1) is 17.1 Å². The van der Waals surface area contributed by atoms with Gasteiger partial charge in [0.1, 0.15) is 17.7 Å². The number of hydrogen-bond donors (Lipinski definition) is 0. The van der Waals surface area contributed by atoms with Crippen molar-refractivity contribution in [3.05, 3.63) is 29.6 Å². The van der Waals surface area contributed by atoms with Gasteiger partial charge in [-0.15, -0.1) is 0 Å². The third-order valence-corrected chi connectivity index (χ3v) is 5.49. The number of carbonyl (C=O) groups excluding carboxylic acids is 1. The molecule has 1 aliphatic rings. The summed E-state index contributed by atoms with van der Waals surface area (Å²) < 4.78 is 39.7. The number of nitrogens with zero attached hydrogens (tertiary/aromatic N) is 2. The van der Waals surface area contributed by atoms with Crippen LogP contribution in [0.5, 0.6) is 0 Å². The third kappa shape index (κ3) is 2.96. The highest BCUT2D eigenvalue weighted by atomic mass is 32.2. The lowest BCUT2D eigenvalue weighted by Crippen LogP contribution is -2.47. The van der Waals surface area contributed by atoms with Gasteiger partial charge in [-0.2, -0.15) is 9.57 Å². The van der Waals surface area contributed by atoms with E-state index in [1.165, 1.54) is 6.92 Å². The van der Waals surface area contributed by atoms with E-state index in [0.717, 1.165) is 28.9 Å². The maximum Gasteiger partial charge on any atom is 0.243 e. The molecule has 0 saturated carbocycles. The largest absolute Gasteiger partial charge is 0.298 e. The number of hydrogen-bond acceptors (Lipinski definition) is 4. The van der Waals surface area contributed by atoms with Gasteiger partial charge in [-0.1, -0.05) is 6.42 Å². The second-order valence-corrected chi connectivity index (χ2v) is 6.88. The Morgan fingerprint density at radius 2 is 2.14 bits per heavy atom. The van der Waals surface area contributed by atoms with Gasteiger partial charge in [-0.05, 0) is 38.0 Å². The number of piperidine rings is 1. The van der Waals surface area contributed by atoms with Crippen molar-refractivity contribution >= 4 is 15.8 Å². The fraction of sp³-hybridized carbons (Fsp3) is 0.429. The Bertz CT molecular complexity index is 709. The molecule has 0 spiro atoms. The predicted molar refractivity (Wildman–Crippen MR) is 73.3 cm³/mol. The summed E-state index contributed by atoms with van der Waals surface area (Å²) in [7, 11) is -3.91. The van der Waals surface area contributed by atoms with Crippen molar-refractivity contribution in [2.24, 2.45) is 0 Å². The second kappa shape index (κ2) is 5.92. The van der Waals surface area contributed by atoms with Gasteiger partial charge in [-0.3, -0.25) is 4.79 Å². The van der Waals surface area contributed by atoms with E-state index in [1.54, 1.807) is 6.07 Å². The number of nitriles is 1. The number of halogens is 1. The summed E-state index contributed by atoms with van der Waals surface area (Å²) in [4.78, 5) is 11.5. The monoisotopic (exact) mass is 310 g/mol. The van der Waals surface area contributed by atoms with Gasteiger partial charge in [-0.25, -0.2) is 12.8 Å². The van der Waals surface area contributed by atoms with E-state index in [2.05, 4.69) is 0 Å². The Balaban J connectivity index is 2.46. The van der Waals surface area contributed by atoms with Gasteiger partial charge < -0.3 is 0 Å². The van der Waals surface area contributed by atoms with Crippen LogP contribution in [0.3, 0.4) is 0 Å². The van der Waals surface area contributed by atoms with E-state index in [-0.39, 0.29) is 22.8 Å². The molecular formula is C14H15FN2O3S. The van der Waals surface area contributed by atoms with Crippen molar-refractivity contribution in [2.75, 3.05) is 6.54 Å². The molecule has 0 aliphatic carbocycles. The molecule has 1 aromatic carbocycles. The van der Waals surface area contributed by atoms with Crippen LogP contribution in [0.1, 0.15) is 31.7 Å². The summed E-state index contributed by atoms with van der Waals surface area (Å²) in [5, 5.41) is 8.81. The molecule has 1 fully saturated rings. The fourth-order valence-electron chi connectivity index (χ4n) is 2.48. The van der Waals surface area contributed by atoms with Crippen LogP contribution in [0.2, 0.25) is 0 Å². The van der Waals surface area contributed by atoms with Crippen molar-refractivity contribution in [1.29, 1.82) is 5.26 Å². The molecule has 7 heteroatoms. The van der Waals surface area contributed by atoms with Crippen molar-refractivity contribution in [1.82, 2.24) is 4.31 Å². The molecule has 0 amide bonds. The molecule has 2 rings (SSSR count). The van der Waals surface area contributed by atoms with E-state index < -0.39 is 21.9 Å². The lowest BCUT2D eigenvalue weighted by atomic mass is 10.0. The van der Waals surface area contributed by atoms with E-state index >= 15 is 0 Å². The fourth-order valence-corrected chi connectivity index (χ4v) is 4.22. The minimum atomic E-state index is -3.91. The quantitative estimate of drug-likeness (QED) is 0.853. The second-order valence-electron chi connectivity index (χ2n) is 4.99. The molecular weight excluding hydrogens is 295 g/mol. The predicted octanol–water partition coefficient (Wildman–Crippen LogP) is 1.83. The van der Waals surface area contributed by atoms with Gasteiger partial charge in [0.05, 0.1) is 16.5 Å². The number of Topliss-reactive ketones (excluding diaryl/α,β-unsaturated/α-hetero) is 1. The van der Waals surface area contributed by atoms with Gasteiger partial charge in [0.15, 0.2) is 0 Å². The minimum Gasteiger partial charge on any atom is -0.298 e. The average Bonchev–Trinajstić information content (AvgIpc) is 2.47. The SMILES string of the molecule is CC(=O)C1CCCCN1S(=O)(=O)c1ccc(F)c(C#N)c1. The summed E-state index contributed by atoms with van der Waals surface area (Å²) in [5.41, 5.74) is -0.326. The smallest absolute Gasteiger partial charge is 0.243 e. The molecule has 0 radical (unpaired) electrons.